The van der Waals surface area contributed by atoms with Crippen LogP contribution in [0.2, 0.25) is 0 Å². The van der Waals surface area contributed by atoms with Crippen LogP contribution in [0.1, 0.15) is 37.9 Å². The molecule has 1 atom stereocenters. The first kappa shape index (κ1) is 12.1. The van der Waals surface area contributed by atoms with Gasteiger partial charge in [0.2, 0.25) is 0 Å². The van der Waals surface area contributed by atoms with E-state index in [-0.39, 0.29) is 17.6 Å². The molecule has 0 amide bonds. The lowest BCUT2D eigenvalue weighted by atomic mass is 10.0. The second kappa shape index (κ2) is 5.21. The van der Waals surface area contributed by atoms with E-state index in [1.54, 1.807) is 12.1 Å². The summed E-state index contributed by atoms with van der Waals surface area (Å²) in [5.74, 6) is -0.430. The quantitative estimate of drug-likeness (QED) is 0.808. The normalized spacial score (nSPS) is 13.2. The van der Waals surface area contributed by atoms with E-state index in [0.717, 1.165) is 0 Å². The maximum atomic E-state index is 13.7. The zero-order valence-electron chi connectivity index (χ0n) is 9.35. The van der Waals surface area contributed by atoms with Crippen LogP contribution in [0.3, 0.4) is 0 Å². The van der Waals surface area contributed by atoms with Crippen LogP contribution in [0.4, 0.5) is 8.78 Å². The van der Waals surface area contributed by atoms with Gasteiger partial charge in [-0.1, -0.05) is 32.0 Å². The van der Waals surface area contributed by atoms with Crippen LogP contribution in [0.15, 0.2) is 18.2 Å². The number of nitrogens with one attached hydrogen (secondary N) is 1. The van der Waals surface area contributed by atoms with E-state index in [1.165, 1.54) is 6.07 Å². The number of alkyl halides is 1. The van der Waals surface area contributed by atoms with Crippen molar-refractivity contribution in [3.05, 3.63) is 35.1 Å². The molecule has 0 radical (unpaired) electrons. The molecule has 0 heterocycles. The molecule has 1 nitrogen and oxygen atoms in total. The lowest BCUT2D eigenvalue weighted by molar-refractivity contribution is 0.447. The summed E-state index contributed by atoms with van der Waals surface area (Å²) in [5.41, 5.74) is 0.656. The number of hydrogen-bond acceptors (Lipinski definition) is 1. The molecule has 3 heteroatoms. The van der Waals surface area contributed by atoms with Gasteiger partial charge in [-0.05, 0) is 6.92 Å². The Morgan fingerprint density at radius 1 is 1.27 bits per heavy atom. The summed E-state index contributed by atoms with van der Waals surface area (Å²) in [4.78, 5) is 0. The standard InChI is InChI=1S/C12H17F2N/c1-8(2)15-9(3)11-6-4-5-10(7-13)12(11)14/h4-6,8-9,15H,7H2,1-3H3/t9-/m1/s1. The van der Waals surface area contributed by atoms with Crippen molar-refractivity contribution in [1.82, 2.24) is 5.32 Å². The molecule has 0 aliphatic carbocycles. The molecule has 1 N–H and O–H groups in total. The molecule has 0 aliphatic rings. The molecular weight excluding hydrogens is 196 g/mol. The topological polar surface area (TPSA) is 12.0 Å². The summed E-state index contributed by atoms with van der Waals surface area (Å²) < 4.78 is 26.1. The van der Waals surface area contributed by atoms with Crippen LogP contribution in [0.25, 0.3) is 0 Å². The highest BCUT2D eigenvalue weighted by molar-refractivity contribution is 5.27. The molecular formula is C12H17F2N. The van der Waals surface area contributed by atoms with Crippen LogP contribution in [0, 0.1) is 5.82 Å². The van der Waals surface area contributed by atoms with Crippen molar-refractivity contribution >= 4 is 0 Å². The summed E-state index contributed by atoms with van der Waals surface area (Å²) in [5, 5.41) is 3.19. The van der Waals surface area contributed by atoms with Crippen molar-refractivity contribution in [3.63, 3.8) is 0 Å². The highest BCUT2D eigenvalue weighted by Gasteiger charge is 2.14. The lowest BCUT2D eigenvalue weighted by Crippen LogP contribution is -2.26. The minimum atomic E-state index is -0.756. The van der Waals surface area contributed by atoms with Crippen LogP contribution < -0.4 is 5.32 Å². The Hall–Kier alpha value is -0.960. The van der Waals surface area contributed by atoms with Crippen LogP contribution in [0.5, 0.6) is 0 Å². The second-order valence-corrected chi connectivity index (χ2v) is 4.00. The Morgan fingerprint density at radius 3 is 2.47 bits per heavy atom. The molecule has 1 rings (SSSR count). The van der Waals surface area contributed by atoms with Gasteiger partial charge in [0.05, 0.1) is 0 Å². The summed E-state index contributed by atoms with van der Waals surface area (Å²) >= 11 is 0. The van der Waals surface area contributed by atoms with Crippen molar-refractivity contribution in [2.75, 3.05) is 0 Å². The maximum Gasteiger partial charge on any atom is 0.133 e. The maximum absolute atomic E-state index is 13.7. The smallest absolute Gasteiger partial charge is 0.133 e. The predicted molar refractivity (Wildman–Crippen MR) is 57.9 cm³/mol. The van der Waals surface area contributed by atoms with Gasteiger partial charge in [-0.25, -0.2) is 8.78 Å². The number of hydrogen-bond donors (Lipinski definition) is 1. The van der Waals surface area contributed by atoms with Gasteiger partial charge in [0.1, 0.15) is 12.5 Å². The number of rotatable bonds is 4. The fraction of sp³-hybridized carbons (Fsp3) is 0.500. The average molecular weight is 213 g/mol. The predicted octanol–water partition coefficient (Wildman–Crippen LogP) is 3.35. The van der Waals surface area contributed by atoms with Crippen molar-refractivity contribution < 1.29 is 8.78 Å². The molecule has 0 fully saturated rings. The SMILES string of the molecule is CC(C)N[C@H](C)c1cccc(CF)c1F. The number of halogens is 2. The van der Waals surface area contributed by atoms with E-state index in [0.29, 0.717) is 5.56 Å². The average Bonchev–Trinajstić information content (AvgIpc) is 2.17. The van der Waals surface area contributed by atoms with Crippen LogP contribution >= 0.6 is 0 Å². The fourth-order valence-electron chi connectivity index (χ4n) is 1.63. The summed E-state index contributed by atoms with van der Waals surface area (Å²) in [7, 11) is 0. The van der Waals surface area contributed by atoms with Crippen molar-refractivity contribution in [1.29, 1.82) is 0 Å². The van der Waals surface area contributed by atoms with E-state index in [2.05, 4.69) is 5.32 Å². The molecule has 84 valence electrons. The lowest BCUT2D eigenvalue weighted by Gasteiger charge is -2.18. The first-order valence-corrected chi connectivity index (χ1v) is 5.15. The third kappa shape index (κ3) is 2.99. The van der Waals surface area contributed by atoms with Gasteiger partial charge in [-0.2, -0.15) is 0 Å². The molecule has 0 saturated heterocycles. The molecule has 0 spiro atoms. The van der Waals surface area contributed by atoms with Crippen LogP contribution in [-0.4, -0.2) is 6.04 Å². The molecule has 0 bridgehead atoms. The van der Waals surface area contributed by atoms with Gasteiger partial charge >= 0.3 is 0 Å². The Kier molecular flexibility index (Phi) is 4.21. The van der Waals surface area contributed by atoms with E-state index in [4.69, 9.17) is 0 Å². The van der Waals surface area contributed by atoms with Gasteiger partial charge in [-0.15, -0.1) is 0 Å². The Balaban J connectivity index is 2.93. The van der Waals surface area contributed by atoms with Gasteiger partial charge in [0.15, 0.2) is 0 Å². The molecule has 0 aliphatic heterocycles. The molecule has 0 aromatic heterocycles. The zero-order chi connectivity index (χ0) is 11.4. The first-order chi connectivity index (χ1) is 7.06. The van der Waals surface area contributed by atoms with Crippen molar-refractivity contribution in [2.45, 2.75) is 39.5 Å². The third-order valence-corrected chi connectivity index (χ3v) is 2.30. The molecule has 0 unspecified atom stereocenters. The first-order valence-electron chi connectivity index (χ1n) is 5.15. The molecule has 0 saturated carbocycles. The van der Waals surface area contributed by atoms with Gasteiger partial charge in [0, 0.05) is 23.2 Å². The fourth-order valence-corrected chi connectivity index (χ4v) is 1.63. The van der Waals surface area contributed by atoms with E-state index in [1.807, 2.05) is 20.8 Å². The highest BCUT2D eigenvalue weighted by Crippen LogP contribution is 2.20. The molecule has 15 heavy (non-hydrogen) atoms. The molecule has 1 aromatic carbocycles. The van der Waals surface area contributed by atoms with Gasteiger partial charge in [0.25, 0.3) is 0 Å². The largest absolute Gasteiger partial charge is 0.308 e. The zero-order valence-corrected chi connectivity index (χ0v) is 9.35. The monoisotopic (exact) mass is 213 g/mol. The second-order valence-electron chi connectivity index (χ2n) is 4.00. The number of benzene rings is 1. The Morgan fingerprint density at radius 2 is 1.93 bits per heavy atom. The summed E-state index contributed by atoms with van der Waals surface area (Å²) in [6.07, 6.45) is 0. The minimum absolute atomic E-state index is 0.100. The molecule has 1 aromatic rings. The third-order valence-electron chi connectivity index (χ3n) is 2.30. The minimum Gasteiger partial charge on any atom is -0.308 e. The Bertz CT molecular complexity index is 323. The van der Waals surface area contributed by atoms with Gasteiger partial charge in [-0.3, -0.25) is 0 Å². The highest BCUT2D eigenvalue weighted by atomic mass is 19.1. The van der Waals surface area contributed by atoms with E-state index >= 15 is 0 Å². The van der Waals surface area contributed by atoms with E-state index < -0.39 is 12.5 Å². The van der Waals surface area contributed by atoms with Crippen molar-refractivity contribution in [3.8, 4) is 0 Å². The van der Waals surface area contributed by atoms with E-state index in [9.17, 15) is 8.78 Å². The Labute approximate surface area is 89.5 Å². The van der Waals surface area contributed by atoms with Crippen LogP contribution in [-0.2, 0) is 6.67 Å². The summed E-state index contributed by atoms with van der Waals surface area (Å²) in [6.45, 7) is 5.11. The van der Waals surface area contributed by atoms with Gasteiger partial charge < -0.3 is 5.32 Å². The van der Waals surface area contributed by atoms with Crippen molar-refractivity contribution in [2.24, 2.45) is 0 Å². The summed E-state index contributed by atoms with van der Waals surface area (Å²) in [6, 6.07) is 5.02.